The van der Waals surface area contributed by atoms with Crippen LogP contribution < -0.4 is 11.0 Å². The molecule has 1 aliphatic heterocycles. The number of hydrogen-bond acceptors (Lipinski definition) is 6. The van der Waals surface area contributed by atoms with Gasteiger partial charge in [-0.25, -0.2) is 14.8 Å². The number of aromatic nitrogens is 4. The van der Waals surface area contributed by atoms with Crippen LogP contribution in [0.15, 0.2) is 102 Å². The van der Waals surface area contributed by atoms with Gasteiger partial charge in [0.05, 0.1) is 39.6 Å². The van der Waals surface area contributed by atoms with E-state index < -0.39 is 0 Å². The standard InChI is InChI=1S/C40H43N7O2/c1-3-45(4-2)25-23-41-39(48)31-21-22-32-34(26-31)43-38(37(42-32)29-12-6-5-7-13-29)30-19-17-28(18-20-30)27-46-24-11-10-16-36(46)47-35-15-9-8-14-33(35)44-40(47)49/h5-9,12-15,17-22,26,36H,3-4,10-11,16,23-25,27H2,1-2H3,(H,41,48)(H,44,49). The predicted octanol–water partition coefficient (Wildman–Crippen LogP) is 6.86. The molecule has 2 aromatic heterocycles. The smallest absolute Gasteiger partial charge is 0.327 e. The number of carbonyl (C=O) groups excluding carboxylic acids is 1. The Hall–Kier alpha value is -5.12. The topological polar surface area (TPSA) is 99.1 Å². The Morgan fingerprint density at radius 3 is 2.35 bits per heavy atom. The molecule has 1 atom stereocenters. The summed E-state index contributed by atoms with van der Waals surface area (Å²) >= 11 is 0. The normalized spacial score (nSPS) is 15.3. The largest absolute Gasteiger partial charge is 0.351 e. The zero-order valence-corrected chi connectivity index (χ0v) is 28.2. The van der Waals surface area contributed by atoms with E-state index in [0.29, 0.717) is 17.6 Å². The summed E-state index contributed by atoms with van der Waals surface area (Å²) in [5.74, 6) is -0.111. The summed E-state index contributed by atoms with van der Waals surface area (Å²) in [4.78, 5) is 44.1. The first-order valence-electron chi connectivity index (χ1n) is 17.4. The van der Waals surface area contributed by atoms with Crippen LogP contribution in [0, 0.1) is 0 Å². The minimum absolute atomic E-state index is 0.00302. The molecule has 1 fully saturated rings. The number of piperidine rings is 1. The van der Waals surface area contributed by atoms with Crippen molar-refractivity contribution in [3.63, 3.8) is 0 Å². The molecule has 0 saturated carbocycles. The Kier molecular flexibility index (Phi) is 9.63. The lowest BCUT2D eigenvalue weighted by atomic mass is 10.0. The number of imidazole rings is 1. The van der Waals surface area contributed by atoms with Gasteiger partial charge in [-0.2, -0.15) is 0 Å². The van der Waals surface area contributed by atoms with E-state index in [4.69, 9.17) is 9.97 Å². The van der Waals surface area contributed by atoms with Gasteiger partial charge < -0.3 is 15.2 Å². The third-order valence-corrected chi connectivity index (χ3v) is 9.70. The van der Waals surface area contributed by atoms with E-state index in [0.717, 1.165) is 91.1 Å². The van der Waals surface area contributed by atoms with Crippen molar-refractivity contribution in [3.8, 4) is 22.5 Å². The van der Waals surface area contributed by atoms with Crippen molar-refractivity contribution in [3.05, 3.63) is 119 Å². The molecular formula is C40H43N7O2. The maximum Gasteiger partial charge on any atom is 0.327 e. The fourth-order valence-electron chi connectivity index (χ4n) is 6.99. The average Bonchev–Trinajstić information content (AvgIpc) is 3.48. The van der Waals surface area contributed by atoms with Crippen LogP contribution in [-0.2, 0) is 6.54 Å². The van der Waals surface area contributed by atoms with Crippen molar-refractivity contribution in [1.82, 2.24) is 34.6 Å². The number of fused-ring (bicyclic) bond motifs is 2. The number of amides is 1. The van der Waals surface area contributed by atoms with Crippen molar-refractivity contribution in [2.45, 2.75) is 45.8 Å². The second-order valence-electron chi connectivity index (χ2n) is 12.7. The number of aromatic amines is 1. The van der Waals surface area contributed by atoms with E-state index >= 15 is 0 Å². The summed E-state index contributed by atoms with van der Waals surface area (Å²) in [5, 5.41) is 3.06. The van der Waals surface area contributed by atoms with Crippen molar-refractivity contribution >= 4 is 28.0 Å². The van der Waals surface area contributed by atoms with Crippen LogP contribution in [0.5, 0.6) is 0 Å². The van der Waals surface area contributed by atoms with Crippen molar-refractivity contribution in [2.75, 3.05) is 32.7 Å². The van der Waals surface area contributed by atoms with Crippen molar-refractivity contribution in [1.29, 1.82) is 0 Å². The Balaban J connectivity index is 1.17. The summed E-state index contributed by atoms with van der Waals surface area (Å²) in [7, 11) is 0. The van der Waals surface area contributed by atoms with Crippen molar-refractivity contribution in [2.24, 2.45) is 0 Å². The molecule has 0 bridgehead atoms. The van der Waals surface area contributed by atoms with Gasteiger partial charge in [-0.1, -0.05) is 80.6 Å². The molecule has 250 valence electrons. The predicted molar refractivity (Wildman–Crippen MR) is 196 cm³/mol. The minimum Gasteiger partial charge on any atom is -0.351 e. The second-order valence-corrected chi connectivity index (χ2v) is 12.7. The number of likely N-dealkylation sites (N-methyl/N-ethyl adjacent to an activating group) is 1. The average molecular weight is 654 g/mol. The lowest BCUT2D eigenvalue weighted by Gasteiger charge is -2.36. The highest BCUT2D eigenvalue weighted by Crippen LogP contribution is 2.33. The lowest BCUT2D eigenvalue weighted by Crippen LogP contribution is -2.39. The van der Waals surface area contributed by atoms with Crippen LogP contribution in [0.1, 0.15) is 55.2 Å². The first-order chi connectivity index (χ1) is 24.0. The fraction of sp³-hybridized carbons (Fsp3) is 0.300. The molecule has 0 aliphatic carbocycles. The number of nitrogens with zero attached hydrogens (tertiary/aromatic N) is 5. The van der Waals surface area contributed by atoms with E-state index in [1.54, 1.807) is 0 Å². The van der Waals surface area contributed by atoms with E-state index in [1.807, 2.05) is 65.2 Å². The van der Waals surface area contributed by atoms with Gasteiger partial charge in [0.2, 0.25) is 0 Å². The molecular weight excluding hydrogens is 610 g/mol. The van der Waals surface area contributed by atoms with Crippen LogP contribution in [0.4, 0.5) is 0 Å². The highest BCUT2D eigenvalue weighted by molar-refractivity contribution is 5.98. The number of carbonyl (C=O) groups is 1. The van der Waals surface area contributed by atoms with Gasteiger partial charge in [-0.3, -0.25) is 14.3 Å². The number of rotatable bonds is 11. The molecule has 6 aromatic rings. The summed E-state index contributed by atoms with van der Waals surface area (Å²) in [6.07, 6.45) is 3.13. The van der Waals surface area contributed by atoms with Crippen LogP contribution >= 0.6 is 0 Å². The molecule has 7 rings (SSSR count). The molecule has 1 amide bonds. The zero-order valence-electron chi connectivity index (χ0n) is 28.2. The molecule has 9 heteroatoms. The van der Waals surface area contributed by atoms with E-state index in [-0.39, 0.29) is 17.8 Å². The lowest BCUT2D eigenvalue weighted by molar-refractivity contribution is 0.0881. The summed E-state index contributed by atoms with van der Waals surface area (Å²) < 4.78 is 1.93. The fourth-order valence-corrected chi connectivity index (χ4v) is 6.99. The molecule has 1 aliphatic rings. The van der Waals surface area contributed by atoms with E-state index in [1.165, 1.54) is 5.56 Å². The third-order valence-electron chi connectivity index (χ3n) is 9.70. The summed E-state index contributed by atoms with van der Waals surface area (Å²) in [6, 6.07) is 32.1. The molecule has 1 saturated heterocycles. The van der Waals surface area contributed by atoms with E-state index in [9.17, 15) is 9.59 Å². The minimum atomic E-state index is -0.111. The number of para-hydroxylation sites is 2. The first kappa shape index (κ1) is 32.4. The highest BCUT2D eigenvalue weighted by atomic mass is 16.2. The van der Waals surface area contributed by atoms with Crippen LogP contribution in [0.25, 0.3) is 44.6 Å². The number of hydrogen-bond donors (Lipinski definition) is 2. The van der Waals surface area contributed by atoms with Crippen LogP contribution in [0.3, 0.4) is 0 Å². The SMILES string of the molecule is CCN(CC)CCNC(=O)c1ccc2nc(-c3ccccc3)c(-c3ccc(CN4CCCCC4n4c(=O)[nH]c5ccccc54)cc3)nc2c1. The second kappa shape index (κ2) is 14.6. The monoisotopic (exact) mass is 653 g/mol. The Bertz CT molecular complexity index is 2120. The third kappa shape index (κ3) is 6.90. The molecule has 1 unspecified atom stereocenters. The number of nitrogens with one attached hydrogen (secondary N) is 2. The highest BCUT2D eigenvalue weighted by Gasteiger charge is 2.27. The van der Waals surface area contributed by atoms with Crippen molar-refractivity contribution < 1.29 is 4.79 Å². The zero-order chi connectivity index (χ0) is 33.7. The molecule has 49 heavy (non-hydrogen) atoms. The Morgan fingerprint density at radius 1 is 0.857 bits per heavy atom. The summed E-state index contributed by atoms with van der Waals surface area (Å²) in [5.41, 5.74) is 8.42. The van der Waals surface area contributed by atoms with Crippen LogP contribution in [0.2, 0.25) is 0 Å². The summed E-state index contributed by atoms with van der Waals surface area (Å²) in [6.45, 7) is 9.23. The number of H-pyrrole nitrogens is 1. The Morgan fingerprint density at radius 2 is 1.57 bits per heavy atom. The molecule has 9 nitrogen and oxygen atoms in total. The van der Waals surface area contributed by atoms with Gasteiger partial charge in [0.15, 0.2) is 0 Å². The molecule has 2 N–H and O–H groups in total. The molecule has 0 spiro atoms. The maximum atomic E-state index is 13.1. The number of benzene rings is 4. The van der Waals surface area contributed by atoms with Gasteiger partial charge >= 0.3 is 5.69 Å². The van der Waals surface area contributed by atoms with Gasteiger partial charge in [0.25, 0.3) is 5.91 Å². The van der Waals surface area contributed by atoms with Gasteiger partial charge in [0, 0.05) is 42.9 Å². The van der Waals surface area contributed by atoms with E-state index in [2.05, 4.69) is 70.3 Å². The first-order valence-corrected chi connectivity index (χ1v) is 17.4. The van der Waals surface area contributed by atoms with Crippen LogP contribution in [-0.4, -0.2) is 67.9 Å². The van der Waals surface area contributed by atoms with Gasteiger partial charge in [-0.15, -0.1) is 0 Å². The van der Waals surface area contributed by atoms with Gasteiger partial charge in [-0.05, 0) is 68.2 Å². The Labute approximate surface area is 286 Å². The molecule has 0 radical (unpaired) electrons. The maximum absolute atomic E-state index is 13.1. The number of likely N-dealkylation sites (tertiary alicyclic amines) is 1. The quantitative estimate of drug-likeness (QED) is 0.159. The molecule has 3 heterocycles. The van der Waals surface area contributed by atoms with Gasteiger partial charge in [0.1, 0.15) is 0 Å². The molecule has 4 aromatic carbocycles.